The third kappa shape index (κ3) is 6.56. The van der Waals surface area contributed by atoms with E-state index >= 15 is 0 Å². The molecule has 11 heteroatoms. The molecule has 0 spiro atoms. The zero-order valence-electron chi connectivity index (χ0n) is 23.2. The highest BCUT2D eigenvalue weighted by Gasteiger charge is 2.34. The first-order chi connectivity index (χ1) is 20.4. The van der Waals surface area contributed by atoms with E-state index in [1.54, 1.807) is 36.4 Å². The van der Waals surface area contributed by atoms with Crippen molar-refractivity contribution < 1.29 is 28.5 Å². The van der Waals surface area contributed by atoms with Gasteiger partial charge in [0, 0.05) is 30.7 Å². The van der Waals surface area contributed by atoms with Gasteiger partial charge in [0.05, 0.1) is 12.0 Å². The number of carbonyl (C=O) groups excluding carboxylic acids is 1. The molecule has 1 amide bonds. The fourth-order valence-electron chi connectivity index (χ4n) is 5.74. The van der Waals surface area contributed by atoms with Crippen LogP contribution in [0.15, 0.2) is 54.6 Å². The number of ether oxygens (including phenoxy) is 3. The maximum absolute atomic E-state index is 14.8. The largest absolute Gasteiger partial charge is 0.486 e. The summed E-state index contributed by atoms with van der Waals surface area (Å²) in [4.78, 5) is 22.5. The Balaban J connectivity index is 1.13. The Morgan fingerprint density at radius 1 is 1.12 bits per heavy atom. The Morgan fingerprint density at radius 2 is 1.90 bits per heavy atom. The van der Waals surface area contributed by atoms with E-state index in [1.165, 1.54) is 6.07 Å². The van der Waals surface area contributed by atoms with E-state index in [4.69, 9.17) is 25.8 Å². The molecule has 6 rings (SSSR count). The average Bonchev–Trinajstić information content (AvgIpc) is 3.71. The number of nitrogens with zero attached hydrogens (tertiary/aromatic N) is 3. The number of aliphatic hydroxyl groups is 1. The van der Waals surface area contributed by atoms with E-state index in [0.29, 0.717) is 54.9 Å². The maximum atomic E-state index is 14.8. The first-order valence-corrected chi connectivity index (χ1v) is 14.8. The SMILES string of the molecule is O=C(N[C@H](CN1CCCC1)[C@H](O)c1cc(F)c2c(c1)OCCO2)C1CCN(c2cccc(Oc3ccc(Cl)cc3)n2)C1. The molecular weight excluding hydrogens is 563 g/mol. The third-order valence-corrected chi connectivity index (χ3v) is 8.20. The van der Waals surface area contributed by atoms with E-state index in [9.17, 15) is 14.3 Å². The quantitative estimate of drug-likeness (QED) is 0.371. The van der Waals surface area contributed by atoms with Crippen LogP contribution in [0.3, 0.4) is 0 Å². The van der Waals surface area contributed by atoms with Crippen LogP contribution in [-0.2, 0) is 4.79 Å². The normalized spacial score (nSPS) is 19.9. The van der Waals surface area contributed by atoms with Crippen LogP contribution in [0.2, 0.25) is 5.02 Å². The molecule has 2 N–H and O–H groups in total. The van der Waals surface area contributed by atoms with Gasteiger partial charge in [-0.25, -0.2) is 4.39 Å². The van der Waals surface area contributed by atoms with Crippen molar-refractivity contribution >= 4 is 23.3 Å². The van der Waals surface area contributed by atoms with E-state index in [1.807, 2.05) is 12.1 Å². The number of fused-ring (bicyclic) bond motifs is 1. The number of halogens is 2. The standard InChI is InChI=1S/C31H34ClFN4O5/c32-22-6-8-23(9-7-22)42-28-5-3-4-27(35-28)37-13-10-20(18-37)31(39)34-25(19-36-11-1-2-12-36)29(38)21-16-24(33)30-26(17-21)40-14-15-41-30/h3-9,16-17,20,25,29,38H,1-2,10-15,18-19H2,(H,34,39)/t20?,25-,29-/m1/s1. The van der Waals surface area contributed by atoms with Crippen molar-refractivity contribution in [3.8, 4) is 23.1 Å². The van der Waals surface area contributed by atoms with Gasteiger partial charge in [-0.1, -0.05) is 17.7 Å². The van der Waals surface area contributed by atoms with Gasteiger partial charge in [-0.2, -0.15) is 4.98 Å². The van der Waals surface area contributed by atoms with Crippen LogP contribution in [0.1, 0.15) is 30.9 Å². The summed E-state index contributed by atoms with van der Waals surface area (Å²) < 4.78 is 31.6. The first kappa shape index (κ1) is 28.5. The summed E-state index contributed by atoms with van der Waals surface area (Å²) in [5, 5.41) is 15.1. The lowest BCUT2D eigenvalue weighted by atomic mass is 9.99. The van der Waals surface area contributed by atoms with E-state index in [2.05, 4.69) is 20.1 Å². The molecule has 3 aliphatic heterocycles. The van der Waals surface area contributed by atoms with Crippen molar-refractivity contribution in [3.05, 3.63) is 71.0 Å². The number of likely N-dealkylation sites (tertiary alicyclic amines) is 1. The lowest BCUT2D eigenvalue weighted by Crippen LogP contribution is -2.48. The molecule has 0 bridgehead atoms. The molecule has 1 aromatic heterocycles. The highest BCUT2D eigenvalue weighted by atomic mass is 35.5. The predicted octanol–water partition coefficient (Wildman–Crippen LogP) is 4.58. The molecule has 222 valence electrons. The molecular formula is C31H34ClFN4O5. The minimum atomic E-state index is -1.12. The molecule has 9 nitrogen and oxygen atoms in total. The van der Waals surface area contributed by atoms with Crippen LogP contribution in [0, 0.1) is 11.7 Å². The number of pyridine rings is 1. The number of benzene rings is 2. The highest BCUT2D eigenvalue weighted by Crippen LogP contribution is 2.37. The number of aromatic nitrogens is 1. The fraction of sp³-hybridized carbons (Fsp3) is 0.419. The van der Waals surface area contributed by atoms with Crippen molar-refractivity contribution in [2.24, 2.45) is 5.92 Å². The number of hydrogen-bond donors (Lipinski definition) is 2. The van der Waals surface area contributed by atoms with Crippen LogP contribution in [0.5, 0.6) is 23.1 Å². The maximum Gasteiger partial charge on any atom is 0.225 e. The van der Waals surface area contributed by atoms with Crippen LogP contribution in [0.4, 0.5) is 10.2 Å². The lowest BCUT2D eigenvalue weighted by Gasteiger charge is -2.30. The molecule has 4 heterocycles. The number of hydrogen-bond acceptors (Lipinski definition) is 8. The molecule has 3 aliphatic rings. The fourth-order valence-corrected chi connectivity index (χ4v) is 5.87. The van der Waals surface area contributed by atoms with Crippen molar-refractivity contribution in [2.45, 2.75) is 31.4 Å². The Labute approximate surface area is 249 Å². The van der Waals surface area contributed by atoms with Gasteiger partial charge in [0.1, 0.15) is 30.9 Å². The summed E-state index contributed by atoms with van der Waals surface area (Å²) in [5.41, 5.74) is 0.344. The van der Waals surface area contributed by atoms with Gasteiger partial charge in [-0.15, -0.1) is 0 Å². The molecule has 1 unspecified atom stereocenters. The zero-order chi connectivity index (χ0) is 29.1. The van der Waals surface area contributed by atoms with Gasteiger partial charge in [-0.05, 0) is 80.4 Å². The molecule has 2 fully saturated rings. The number of aliphatic hydroxyl groups excluding tert-OH is 1. The molecule has 2 saturated heterocycles. The highest BCUT2D eigenvalue weighted by molar-refractivity contribution is 6.30. The molecule has 2 aromatic carbocycles. The van der Waals surface area contributed by atoms with Crippen LogP contribution in [-0.4, -0.2) is 72.9 Å². The van der Waals surface area contributed by atoms with Crippen molar-refractivity contribution in [1.29, 1.82) is 0 Å². The van der Waals surface area contributed by atoms with Gasteiger partial charge in [0.2, 0.25) is 11.8 Å². The summed E-state index contributed by atoms with van der Waals surface area (Å²) in [6.45, 7) is 3.97. The predicted molar refractivity (Wildman–Crippen MR) is 156 cm³/mol. The number of anilines is 1. The molecule has 0 saturated carbocycles. The average molecular weight is 597 g/mol. The van der Waals surface area contributed by atoms with Crippen LogP contribution >= 0.6 is 11.6 Å². The van der Waals surface area contributed by atoms with E-state index < -0.39 is 18.0 Å². The minimum absolute atomic E-state index is 0.0552. The van der Waals surface area contributed by atoms with E-state index in [0.717, 1.165) is 31.7 Å². The molecule has 42 heavy (non-hydrogen) atoms. The number of rotatable bonds is 9. The second kappa shape index (κ2) is 12.7. The molecule has 0 radical (unpaired) electrons. The number of nitrogens with one attached hydrogen (secondary N) is 1. The summed E-state index contributed by atoms with van der Waals surface area (Å²) in [7, 11) is 0. The Kier molecular flexibility index (Phi) is 8.64. The van der Waals surface area contributed by atoms with Crippen molar-refractivity contribution in [2.75, 3.05) is 50.8 Å². The Hall–Kier alpha value is -3.60. The molecule has 0 aliphatic carbocycles. The summed E-state index contributed by atoms with van der Waals surface area (Å²) >= 11 is 5.97. The van der Waals surface area contributed by atoms with Crippen molar-refractivity contribution in [3.63, 3.8) is 0 Å². The summed E-state index contributed by atoms with van der Waals surface area (Å²) in [6, 6.07) is 14.9. The van der Waals surface area contributed by atoms with Gasteiger partial charge < -0.3 is 34.4 Å². The molecule has 3 aromatic rings. The van der Waals surface area contributed by atoms with E-state index in [-0.39, 0.29) is 29.9 Å². The van der Waals surface area contributed by atoms with Crippen molar-refractivity contribution in [1.82, 2.24) is 15.2 Å². The summed E-state index contributed by atoms with van der Waals surface area (Å²) in [6.07, 6.45) is 1.66. The summed E-state index contributed by atoms with van der Waals surface area (Å²) in [5.74, 6) is 1.09. The number of carbonyl (C=O) groups is 1. The van der Waals surface area contributed by atoms with Crippen LogP contribution < -0.4 is 24.4 Å². The Morgan fingerprint density at radius 3 is 2.71 bits per heavy atom. The van der Waals surface area contributed by atoms with Crippen LogP contribution in [0.25, 0.3) is 0 Å². The molecule has 3 atom stereocenters. The Bertz CT molecular complexity index is 1400. The van der Waals surface area contributed by atoms with Gasteiger partial charge >= 0.3 is 0 Å². The topological polar surface area (TPSA) is 96.4 Å². The smallest absolute Gasteiger partial charge is 0.225 e. The second-order valence-electron chi connectivity index (χ2n) is 10.9. The number of amides is 1. The third-order valence-electron chi connectivity index (χ3n) is 7.95. The first-order valence-electron chi connectivity index (χ1n) is 14.4. The lowest BCUT2D eigenvalue weighted by molar-refractivity contribution is -0.126. The monoisotopic (exact) mass is 596 g/mol. The van der Waals surface area contributed by atoms with Gasteiger partial charge in [-0.3, -0.25) is 4.79 Å². The second-order valence-corrected chi connectivity index (χ2v) is 11.4. The van der Waals surface area contributed by atoms with Gasteiger partial charge in [0.15, 0.2) is 17.3 Å². The minimum Gasteiger partial charge on any atom is -0.486 e. The van der Waals surface area contributed by atoms with Gasteiger partial charge in [0.25, 0.3) is 0 Å². The zero-order valence-corrected chi connectivity index (χ0v) is 23.9.